The van der Waals surface area contributed by atoms with E-state index in [-0.39, 0.29) is 0 Å². The highest BCUT2D eigenvalue weighted by Crippen LogP contribution is 2.51. The Labute approximate surface area is 380 Å². The number of nitrogens with zero attached hydrogens (tertiary/aromatic N) is 2. The average molecular weight is 853 g/mol. The number of benzene rings is 10. The Hall–Kier alpha value is -7.76. The van der Waals surface area contributed by atoms with E-state index in [9.17, 15) is 0 Å². The lowest BCUT2D eigenvalue weighted by atomic mass is 9.97. The van der Waals surface area contributed by atoms with E-state index in [0.29, 0.717) is 0 Å². The first-order chi connectivity index (χ1) is 31.8. The van der Waals surface area contributed by atoms with Crippen molar-refractivity contribution < 1.29 is 0 Å². The third kappa shape index (κ3) is 6.55. The van der Waals surface area contributed by atoms with Crippen molar-refractivity contribution in [1.29, 1.82) is 0 Å². The summed E-state index contributed by atoms with van der Waals surface area (Å²) in [5.41, 5.74) is 13.7. The van der Waals surface area contributed by atoms with Crippen LogP contribution < -0.4 is 9.80 Å². The molecule has 0 radical (unpaired) electrons. The van der Waals surface area contributed by atoms with E-state index < -0.39 is 0 Å². The summed E-state index contributed by atoms with van der Waals surface area (Å²) in [6, 6.07) is 88.5. The number of rotatable bonds is 9. The van der Waals surface area contributed by atoms with Crippen molar-refractivity contribution in [2.75, 3.05) is 9.80 Å². The van der Waals surface area contributed by atoms with Gasteiger partial charge in [0.15, 0.2) is 0 Å². The van der Waals surface area contributed by atoms with E-state index >= 15 is 0 Å². The second-order valence-corrected chi connectivity index (χ2v) is 18.2. The first kappa shape index (κ1) is 38.0. The summed E-state index contributed by atoms with van der Waals surface area (Å²) in [4.78, 5) is 4.99. The molecule has 0 aliphatic heterocycles. The van der Waals surface area contributed by atoms with Gasteiger partial charge in [0.05, 0.1) is 28.4 Å². The van der Waals surface area contributed by atoms with Gasteiger partial charge in [0.25, 0.3) is 0 Å². The average Bonchev–Trinajstić information content (AvgIpc) is 3.95. The van der Waals surface area contributed by atoms with Gasteiger partial charge in [-0.1, -0.05) is 176 Å². The zero-order valence-electron chi connectivity index (χ0n) is 34.8. The highest BCUT2D eigenvalue weighted by atomic mass is 32.1. The molecule has 0 aliphatic rings. The zero-order valence-corrected chi connectivity index (χ0v) is 36.4. The standard InChI is InChI=1S/C60H40N2S2/c1-3-20-41(21-4-1)45-26-7-12-31-50(45)61(53-34-18-38-57-59(53)48-29-10-15-36-55(48)63-57)44-25-17-24-43(40-44)47-28-9-14-33-52(47)62(51-32-13-8-27-46(51)42-22-5-2-6-23-42)54-35-19-39-58-60(54)49-30-11-16-37-56(49)64-58/h1-40H. The van der Waals surface area contributed by atoms with Crippen molar-refractivity contribution in [3.63, 3.8) is 0 Å². The van der Waals surface area contributed by atoms with Gasteiger partial charge in [-0.2, -0.15) is 0 Å². The van der Waals surface area contributed by atoms with E-state index in [2.05, 4.69) is 252 Å². The monoisotopic (exact) mass is 852 g/mol. The largest absolute Gasteiger partial charge is 0.309 e. The summed E-state index contributed by atoms with van der Waals surface area (Å²) < 4.78 is 5.10. The molecule has 302 valence electrons. The highest BCUT2D eigenvalue weighted by molar-refractivity contribution is 7.26. The van der Waals surface area contributed by atoms with Crippen LogP contribution in [0.15, 0.2) is 243 Å². The maximum Gasteiger partial charge on any atom is 0.0555 e. The zero-order chi connectivity index (χ0) is 42.4. The molecule has 0 N–H and O–H groups in total. The van der Waals surface area contributed by atoms with Gasteiger partial charge in [0.2, 0.25) is 0 Å². The van der Waals surface area contributed by atoms with Gasteiger partial charge in [0, 0.05) is 62.7 Å². The van der Waals surface area contributed by atoms with Crippen molar-refractivity contribution in [3.05, 3.63) is 243 Å². The maximum absolute atomic E-state index is 2.51. The van der Waals surface area contributed by atoms with Gasteiger partial charge in [-0.15, -0.1) is 22.7 Å². The molecular formula is C60H40N2S2. The van der Waals surface area contributed by atoms with Gasteiger partial charge < -0.3 is 9.80 Å². The van der Waals surface area contributed by atoms with Crippen LogP contribution in [0.1, 0.15) is 0 Å². The Balaban J connectivity index is 1.11. The first-order valence-electron chi connectivity index (χ1n) is 21.7. The second-order valence-electron chi connectivity index (χ2n) is 16.0. The lowest BCUT2D eigenvalue weighted by molar-refractivity contribution is 1.29. The SMILES string of the molecule is c1ccc(-c2ccccc2N(c2cccc(-c3ccccc3N(c3ccccc3-c3ccccc3)c3cccc4sc5ccccc5c34)c2)c2cccc3sc4ccccc4c23)cc1. The molecular weight excluding hydrogens is 813 g/mol. The van der Waals surface area contributed by atoms with Crippen molar-refractivity contribution in [2.24, 2.45) is 0 Å². The molecule has 4 heteroatoms. The van der Waals surface area contributed by atoms with Crippen molar-refractivity contribution in [3.8, 4) is 33.4 Å². The molecule has 2 aromatic heterocycles. The molecule has 0 bridgehead atoms. The third-order valence-electron chi connectivity index (χ3n) is 12.3. The molecule has 2 nitrogen and oxygen atoms in total. The van der Waals surface area contributed by atoms with E-state index in [1.807, 2.05) is 22.7 Å². The minimum Gasteiger partial charge on any atom is -0.309 e. The van der Waals surface area contributed by atoms with Crippen LogP contribution in [-0.4, -0.2) is 0 Å². The van der Waals surface area contributed by atoms with Gasteiger partial charge in [0.1, 0.15) is 0 Å². The number of fused-ring (bicyclic) bond motifs is 6. The van der Waals surface area contributed by atoms with Crippen LogP contribution in [0.25, 0.3) is 73.7 Å². The Morgan fingerprint density at radius 1 is 0.250 bits per heavy atom. The fourth-order valence-corrected chi connectivity index (χ4v) is 11.7. The van der Waals surface area contributed by atoms with Gasteiger partial charge in [-0.3, -0.25) is 0 Å². The summed E-state index contributed by atoms with van der Waals surface area (Å²) in [5.74, 6) is 0. The van der Waals surface area contributed by atoms with Crippen LogP contribution in [-0.2, 0) is 0 Å². The van der Waals surface area contributed by atoms with E-state index in [0.717, 1.165) is 45.3 Å². The van der Waals surface area contributed by atoms with Gasteiger partial charge in [-0.05, 0) is 83.4 Å². The van der Waals surface area contributed by atoms with Gasteiger partial charge in [-0.25, -0.2) is 0 Å². The lowest BCUT2D eigenvalue weighted by Crippen LogP contribution is -2.13. The molecule has 0 fully saturated rings. The van der Waals surface area contributed by atoms with Gasteiger partial charge >= 0.3 is 0 Å². The predicted molar refractivity (Wildman–Crippen MR) is 278 cm³/mol. The van der Waals surface area contributed by atoms with Crippen LogP contribution in [0, 0.1) is 0 Å². The van der Waals surface area contributed by atoms with Crippen LogP contribution in [0.3, 0.4) is 0 Å². The van der Waals surface area contributed by atoms with Crippen LogP contribution in [0.2, 0.25) is 0 Å². The van der Waals surface area contributed by atoms with Crippen molar-refractivity contribution in [1.82, 2.24) is 0 Å². The van der Waals surface area contributed by atoms with Crippen LogP contribution in [0.4, 0.5) is 34.1 Å². The summed E-state index contributed by atoms with van der Waals surface area (Å²) in [5, 5.41) is 5.05. The third-order valence-corrected chi connectivity index (χ3v) is 14.5. The van der Waals surface area contributed by atoms with E-state index in [1.54, 1.807) is 0 Å². The Morgan fingerprint density at radius 2 is 0.609 bits per heavy atom. The van der Waals surface area contributed by atoms with E-state index in [1.165, 1.54) is 62.6 Å². The summed E-state index contributed by atoms with van der Waals surface area (Å²) in [6.07, 6.45) is 0. The number of hydrogen-bond acceptors (Lipinski definition) is 4. The highest BCUT2D eigenvalue weighted by Gasteiger charge is 2.25. The lowest BCUT2D eigenvalue weighted by Gasteiger charge is -2.31. The number of hydrogen-bond donors (Lipinski definition) is 0. The topological polar surface area (TPSA) is 6.48 Å². The number of para-hydroxylation sites is 3. The Kier molecular flexibility index (Phi) is 9.59. The Morgan fingerprint density at radius 3 is 1.14 bits per heavy atom. The molecule has 0 saturated heterocycles. The molecule has 64 heavy (non-hydrogen) atoms. The predicted octanol–water partition coefficient (Wildman–Crippen LogP) is 18.4. The molecule has 0 saturated carbocycles. The maximum atomic E-state index is 2.51. The summed E-state index contributed by atoms with van der Waals surface area (Å²) >= 11 is 3.71. The fraction of sp³-hybridized carbons (Fsp3) is 0. The molecule has 0 unspecified atom stereocenters. The first-order valence-corrected chi connectivity index (χ1v) is 23.3. The van der Waals surface area contributed by atoms with Crippen LogP contribution >= 0.6 is 22.7 Å². The summed E-state index contributed by atoms with van der Waals surface area (Å²) in [6.45, 7) is 0. The second kappa shape index (κ2) is 16.2. The minimum atomic E-state index is 1.08. The molecule has 0 spiro atoms. The molecule has 12 rings (SSSR count). The quantitative estimate of drug-likeness (QED) is 0.143. The number of anilines is 6. The van der Waals surface area contributed by atoms with Crippen molar-refractivity contribution in [2.45, 2.75) is 0 Å². The molecule has 2 heterocycles. The van der Waals surface area contributed by atoms with Crippen LogP contribution in [0.5, 0.6) is 0 Å². The molecule has 12 aromatic rings. The van der Waals surface area contributed by atoms with Crippen molar-refractivity contribution >= 4 is 97.1 Å². The molecule has 0 atom stereocenters. The smallest absolute Gasteiger partial charge is 0.0555 e. The molecule has 0 amide bonds. The normalized spacial score (nSPS) is 11.4. The molecule has 10 aromatic carbocycles. The number of thiophene rings is 2. The Bertz CT molecular complexity index is 3640. The molecule has 0 aliphatic carbocycles. The summed E-state index contributed by atoms with van der Waals surface area (Å²) in [7, 11) is 0. The fourth-order valence-electron chi connectivity index (χ4n) is 9.47. The minimum absolute atomic E-state index is 1.08. The van der Waals surface area contributed by atoms with E-state index in [4.69, 9.17) is 0 Å².